The molecule has 0 amide bonds. The normalized spacial score (nSPS) is 13.2. The number of nitrogens with zero attached hydrogens (tertiary/aromatic N) is 3. The summed E-state index contributed by atoms with van der Waals surface area (Å²) in [7, 11) is 0. The third-order valence-electron chi connectivity index (χ3n) is 3.04. The van der Waals surface area contributed by atoms with E-state index in [1.54, 1.807) is 0 Å². The number of hydrogen-bond acceptors (Lipinski definition) is 6. The average molecular weight is 273 g/mol. The molecular formula is C13H15N5S. The lowest BCUT2D eigenvalue weighted by Crippen LogP contribution is -2.22. The van der Waals surface area contributed by atoms with Gasteiger partial charge in [0, 0.05) is 6.54 Å². The Labute approximate surface area is 116 Å². The number of nitrogens with one attached hydrogen (secondary N) is 1. The minimum absolute atomic E-state index is 0.518. The van der Waals surface area contributed by atoms with Crippen LogP contribution in [-0.2, 0) is 6.54 Å². The number of nitrogen functional groups attached to an aromatic ring is 1. The van der Waals surface area contributed by atoms with Crippen molar-refractivity contribution >= 4 is 29.1 Å². The number of thioether (sulfide) groups is 1. The first kappa shape index (κ1) is 12.1. The molecule has 0 fully saturated rings. The molecule has 19 heavy (non-hydrogen) atoms. The Morgan fingerprint density at radius 3 is 2.84 bits per heavy atom. The standard InChI is InChI=1S/C13H15N5S/c1-19-13-16-11(14)10-12(17-13)18(8-15-10)7-9-5-3-2-4-6-9/h2-6,15H,7-8H2,1H3,(H2,14,16,17). The summed E-state index contributed by atoms with van der Waals surface area (Å²) >= 11 is 1.50. The van der Waals surface area contributed by atoms with Crippen molar-refractivity contribution in [2.75, 3.05) is 28.9 Å². The van der Waals surface area contributed by atoms with Crippen molar-refractivity contribution in [2.24, 2.45) is 0 Å². The van der Waals surface area contributed by atoms with Gasteiger partial charge in [0.1, 0.15) is 5.69 Å². The van der Waals surface area contributed by atoms with Crippen LogP contribution in [0.5, 0.6) is 0 Å². The lowest BCUT2D eigenvalue weighted by atomic mass is 10.2. The van der Waals surface area contributed by atoms with Crippen LogP contribution < -0.4 is 16.0 Å². The van der Waals surface area contributed by atoms with Crippen LogP contribution in [0.2, 0.25) is 0 Å². The minimum atomic E-state index is 0.518. The van der Waals surface area contributed by atoms with Crippen LogP contribution in [-0.4, -0.2) is 22.9 Å². The summed E-state index contributed by atoms with van der Waals surface area (Å²) in [6.07, 6.45) is 1.95. The zero-order valence-electron chi connectivity index (χ0n) is 10.6. The van der Waals surface area contributed by atoms with Crippen LogP contribution in [0, 0.1) is 0 Å². The molecular weight excluding hydrogens is 258 g/mol. The van der Waals surface area contributed by atoms with Gasteiger partial charge in [-0.3, -0.25) is 0 Å². The molecule has 2 aromatic rings. The minimum Gasteiger partial charge on any atom is -0.382 e. The molecule has 0 spiro atoms. The van der Waals surface area contributed by atoms with Crippen LogP contribution in [0.1, 0.15) is 5.56 Å². The summed E-state index contributed by atoms with van der Waals surface area (Å²) < 4.78 is 0. The molecule has 1 aromatic heterocycles. The number of fused-ring (bicyclic) bond motifs is 1. The maximum Gasteiger partial charge on any atom is 0.191 e. The third-order valence-corrected chi connectivity index (χ3v) is 3.59. The molecule has 5 nitrogen and oxygen atoms in total. The van der Waals surface area contributed by atoms with Gasteiger partial charge in [0.2, 0.25) is 0 Å². The second kappa shape index (κ2) is 4.97. The van der Waals surface area contributed by atoms with Crippen molar-refractivity contribution < 1.29 is 0 Å². The van der Waals surface area contributed by atoms with Crippen molar-refractivity contribution in [3.63, 3.8) is 0 Å². The van der Waals surface area contributed by atoms with Gasteiger partial charge in [-0.25, -0.2) is 9.97 Å². The van der Waals surface area contributed by atoms with E-state index in [1.807, 2.05) is 24.5 Å². The van der Waals surface area contributed by atoms with Crippen molar-refractivity contribution in [1.82, 2.24) is 9.97 Å². The van der Waals surface area contributed by atoms with E-state index in [9.17, 15) is 0 Å². The van der Waals surface area contributed by atoms with Gasteiger partial charge in [-0.1, -0.05) is 42.1 Å². The molecule has 0 aliphatic carbocycles. The summed E-state index contributed by atoms with van der Waals surface area (Å²) in [5.41, 5.74) is 8.04. The van der Waals surface area contributed by atoms with Crippen LogP contribution in [0.15, 0.2) is 35.5 Å². The molecule has 3 rings (SSSR count). The van der Waals surface area contributed by atoms with Crippen molar-refractivity contribution in [3.8, 4) is 0 Å². The van der Waals surface area contributed by atoms with E-state index in [4.69, 9.17) is 5.73 Å². The molecule has 3 N–H and O–H groups in total. The van der Waals surface area contributed by atoms with Gasteiger partial charge in [-0.2, -0.15) is 0 Å². The lowest BCUT2D eigenvalue weighted by molar-refractivity contribution is 0.839. The van der Waals surface area contributed by atoms with Crippen LogP contribution in [0.3, 0.4) is 0 Å². The molecule has 6 heteroatoms. The Balaban J connectivity index is 1.91. The van der Waals surface area contributed by atoms with E-state index in [-0.39, 0.29) is 0 Å². The first-order valence-corrected chi connectivity index (χ1v) is 7.24. The second-order valence-corrected chi connectivity index (χ2v) is 5.09. The fraction of sp³-hybridized carbons (Fsp3) is 0.231. The highest BCUT2D eigenvalue weighted by atomic mass is 32.2. The molecule has 98 valence electrons. The molecule has 0 radical (unpaired) electrons. The first-order valence-electron chi connectivity index (χ1n) is 6.02. The molecule has 1 aliphatic rings. The fourth-order valence-corrected chi connectivity index (χ4v) is 2.49. The molecule has 0 atom stereocenters. The molecule has 0 bridgehead atoms. The van der Waals surface area contributed by atoms with E-state index in [1.165, 1.54) is 17.3 Å². The quantitative estimate of drug-likeness (QED) is 0.660. The van der Waals surface area contributed by atoms with E-state index in [2.05, 4.69) is 32.3 Å². The predicted octanol–water partition coefficient (Wildman–Crippen LogP) is 2.17. The number of hydrogen-bond donors (Lipinski definition) is 2. The largest absolute Gasteiger partial charge is 0.382 e. The Kier molecular flexibility index (Phi) is 3.16. The van der Waals surface area contributed by atoms with Gasteiger partial charge in [0.05, 0.1) is 6.67 Å². The van der Waals surface area contributed by atoms with Crippen molar-refractivity contribution in [3.05, 3.63) is 35.9 Å². The Hall–Kier alpha value is -1.95. The van der Waals surface area contributed by atoms with Gasteiger partial charge in [-0.05, 0) is 11.8 Å². The monoisotopic (exact) mass is 273 g/mol. The highest BCUT2D eigenvalue weighted by Crippen LogP contribution is 2.35. The van der Waals surface area contributed by atoms with Crippen LogP contribution in [0.25, 0.3) is 0 Å². The Morgan fingerprint density at radius 1 is 1.32 bits per heavy atom. The SMILES string of the molecule is CSc1nc(N)c2c(n1)N(Cc1ccccc1)CN2. The molecule has 1 aromatic carbocycles. The molecule has 0 saturated heterocycles. The number of anilines is 3. The molecule has 1 aliphatic heterocycles. The Morgan fingerprint density at radius 2 is 2.11 bits per heavy atom. The van der Waals surface area contributed by atoms with Gasteiger partial charge in [-0.15, -0.1) is 0 Å². The number of rotatable bonds is 3. The zero-order chi connectivity index (χ0) is 13.2. The maximum atomic E-state index is 5.95. The number of benzene rings is 1. The van der Waals surface area contributed by atoms with E-state index in [0.717, 1.165) is 18.1 Å². The van der Waals surface area contributed by atoms with E-state index in [0.29, 0.717) is 17.6 Å². The van der Waals surface area contributed by atoms with Gasteiger partial charge >= 0.3 is 0 Å². The topological polar surface area (TPSA) is 67.1 Å². The van der Waals surface area contributed by atoms with E-state index >= 15 is 0 Å². The van der Waals surface area contributed by atoms with Crippen molar-refractivity contribution in [1.29, 1.82) is 0 Å². The highest BCUT2D eigenvalue weighted by molar-refractivity contribution is 7.98. The first-order chi connectivity index (χ1) is 9.28. The van der Waals surface area contributed by atoms with Gasteiger partial charge in [0.25, 0.3) is 0 Å². The van der Waals surface area contributed by atoms with Crippen LogP contribution in [0.4, 0.5) is 17.3 Å². The summed E-state index contributed by atoms with van der Waals surface area (Å²) in [4.78, 5) is 11.0. The summed E-state index contributed by atoms with van der Waals surface area (Å²) in [5, 5.41) is 3.96. The molecule has 2 heterocycles. The maximum absolute atomic E-state index is 5.95. The third kappa shape index (κ3) is 2.31. The summed E-state index contributed by atoms with van der Waals surface area (Å²) in [6, 6.07) is 10.3. The number of aromatic nitrogens is 2. The fourth-order valence-electron chi connectivity index (χ4n) is 2.12. The molecule has 0 saturated carbocycles. The Bertz CT molecular complexity index is 587. The second-order valence-electron chi connectivity index (χ2n) is 4.31. The number of nitrogens with two attached hydrogens (primary N) is 1. The van der Waals surface area contributed by atoms with Crippen LogP contribution >= 0.6 is 11.8 Å². The average Bonchev–Trinajstić information content (AvgIpc) is 2.83. The smallest absolute Gasteiger partial charge is 0.191 e. The van der Waals surface area contributed by atoms with Crippen molar-refractivity contribution in [2.45, 2.75) is 11.7 Å². The summed E-state index contributed by atoms with van der Waals surface area (Å²) in [6.45, 7) is 1.52. The van der Waals surface area contributed by atoms with Gasteiger partial charge < -0.3 is 16.0 Å². The molecule has 0 unspecified atom stereocenters. The summed E-state index contributed by atoms with van der Waals surface area (Å²) in [5.74, 6) is 1.41. The highest BCUT2D eigenvalue weighted by Gasteiger charge is 2.24. The van der Waals surface area contributed by atoms with Gasteiger partial charge in [0.15, 0.2) is 16.8 Å². The van der Waals surface area contributed by atoms with E-state index < -0.39 is 0 Å². The lowest BCUT2D eigenvalue weighted by Gasteiger charge is -2.17. The zero-order valence-corrected chi connectivity index (χ0v) is 11.4. The predicted molar refractivity (Wildman–Crippen MR) is 79.3 cm³/mol.